The first-order chi connectivity index (χ1) is 9.61. The number of piperidine rings is 1. The highest BCUT2D eigenvalue weighted by molar-refractivity contribution is 5.83. The largest absolute Gasteiger partial charge is 0.396 e. The number of rotatable bonds is 6. The lowest BCUT2D eigenvalue weighted by Crippen LogP contribution is -2.47. The Labute approximate surface area is 120 Å². The molecule has 1 heterocycles. The van der Waals surface area contributed by atoms with Crippen LogP contribution in [0.4, 0.5) is 0 Å². The van der Waals surface area contributed by atoms with Crippen LogP contribution in [0.3, 0.4) is 0 Å². The summed E-state index contributed by atoms with van der Waals surface area (Å²) in [5.74, 6) is 0.475. The van der Waals surface area contributed by atoms with Crippen LogP contribution in [-0.2, 0) is 9.59 Å². The minimum atomic E-state index is -0.0666. The first kappa shape index (κ1) is 15.3. The standard InChI is InChI=1S/C15H26N2O3/c1-11(4-3-9-18)16-14(19)13-5-2-8-17(10-13)15(20)12-6-7-12/h11-13,18H,2-10H2,1H3,(H,16,19). The van der Waals surface area contributed by atoms with Crippen LogP contribution >= 0.6 is 0 Å². The second kappa shape index (κ2) is 7.07. The number of nitrogens with one attached hydrogen (secondary N) is 1. The zero-order valence-corrected chi connectivity index (χ0v) is 12.3. The predicted octanol–water partition coefficient (Wildman–Crippen LogP) is 0.912. The van der Waals surface area contributed by atoms with Crippen molar-refractivity contribution in [2.75, 3.05) is 19.7 Å². The first-order valence-corrected chi connectivity index (χ1v) is 7.82. The van der Waals surface area contributed by atoms with E-state index in [1.807, 2.05) is 11.8 Å². The summed E-state index contributed by atoms with van der Waals surface area (Å²) in [5.41, 5.74) is 0. The summed E-state index contributed by atoms with van der Waals surface area (Å²) in [6.07, 6.45) is 5.32. The lowest BCUT2D eigenvalue weighted by molar-refractivity contribution is -0.137. The van der Waals surface area contributed by atoms with Gasteiger partial charge in [0.25, 0.3) is 0 Å². The van der Waals surface area contributed by atoms with Crippen LogP contribution in [0.25, 0.3) is 0 Å². The Hall–Kier alpha value is -1.10. The minimum Gasteiger partial charge on any atom is -0.396 e. The average Bonchev–Trinajstić information content (AvgIpc) is 3.29. The van der Waals surface area contributed by atoms with Crippen LogP contribution in [-0.4, -0.2) is 47.6 Å². The molecule has 1 aliphatic heterocycles. The van der Waals surface area contributed by atoms with E-state index in [1.165, 1.54) is 0 Å². The topological polar surface area (TPSA) is 69.6 Å². The third-order valence-corrected chi connectivity index (χ3v) is 4.21. The van der Waals surface area contributed by atoms with Crippen molar-refractivity contribution in [3.05, 3.63) is 0 Å². The first-order valence-electron chi connectivity index (χ1n) is 7.82. The summed E-state index contributed by atoms with van der Waals surface area (Å²) >= 11 is 0. The number of carbonyl (C=O) groups is 2. The normalized spacial score (nSPS) is 24.3. The van der Waals surface area contributed by atoms with Gasteiger partial charge in [-0.3, -0.25) is 9.59 Å². The molecule has 2 atom stereocenters. The second-order valence-electron chi connectivity index (χ2n) is 6.17. The number of carbonyl (C=O) groups excluding carboxylic acids is 2. The molecule has 2 rings (SSSR count). The molecule has 114 valence electrons. The van der Waals surface area contributed by atoms with Crippen LogP contribution in [0.15, 0.2) is 0 Å². The molecule has 2 amide bonds. The number of likely N-dealkylation sites (tertiary alicyclic amines) is 1. The van der Waals surface area contributed by atoms with Crippen molar-refractivity contribution in [1.82, 2.24) is 10.2 Å². The zero-order valence-electron chi connectivity index (χ0n) is 12.3. The number of amides is 2. The molecule has 1 aliphatic carbocycles. The molecule has 2 unspecified atom stereocenters. The van der Waals surface area contributed by atoms with Gasteiger partial charge in [0.05, 0.1) is 5.92 Å². The minimum absolute atomic E-state index is 0.0590. The quantitative estimate of drug-likeness (QED) is 0.761. The molecule has 0 aromatic rings. The molecular formula is C15H26N2O3. The summed E-state index contributed by atoms with van der Waals surface area (Å²) in [7, 11) is 0. The molecule has 0 aromatic heterocycles. The van der Waals surface area contributed by atoms with Crippen LogP contribution in [0.1, 0.15) is 45.4 Å². The van der Waals surface area contributed by atoms with E-state index < -0.39 is 0 Å². The summed E-state index contributed by atoms with van der Waals surface area (Å²) in [4.78, 5) is 26.2. The molecule has 0 bridgehead atoms. The maximum Gasteiger partial charge on any atom is 0.225 e. The average molecular weight is 282 g/mol. The van der Waals surface area contributed by atoms with Gasteiger partial charge in [-0.25, -0.2) is 0 Å². The fraction of sp³-hybridized carbons (Fsp3) is 0.867. The Morgan fingerprint density at radius 3 is 2.70 bits per heavy atom. The van der Waals surface area contributed by atoms with Gasteiger partial charge in [-0.05, 0) is 45.4 Å². The summed E-state index contributed by atoms with van der Waals surface area (Å²) in [6.45, 7) is 3.50. The van der Waals surface area contributed by atoms with Crippen molar-refractivity contribution >= 4 is 11.8 Å². The fourth-order valence-electron chi connectivity index (χ4n) is 2.81. The number of aliphatic hydroxyl groups is 1. The molecule has 5 heteroatoms. The highest BCUT2D eigenvalue weighted by Gasteiger charge is 2.36. The molecule has 0 aromatic carbocycles. The Morgan fingerprint density at radius 2 is 2.05 bits per heavy atom. The Kier molecular flexibility index (Phi) is 5.40. The molecule has 1 saturated heterocycles. The van der Waals surface area contributed by atoms with E-state index in [1.54, 1.807) is 0 Å². The van der Waals surface area contributed by atoms with Gasteiger partial charge >= 0.3 is 0 Å². The highest BCUT2D eigenvalue weighted by Crippen LogP contribution is 2.32. The molecule has 0 radical (unpaired) electrons. The molecule has 1 saturated carbocycles. The third-order valence-electron chi connectivity index (χ3n) is 4.21. The van der Waals surface area contributed by atoms with Crippen molar-refractivity contribution in [2.24, 2.45) is 11.8 Å². The van der Waals surface area contributed by atoms with Crippen LogP contribution in [0.2, 0.25) is 0 Å². The van der Waals surface area contributed by atoms with Gasteiger partial charge in [-0.1, -0.05) is 0 Å². The summed E-state index contributed by atoms with van der Waals surface area (Å²) < 4.78 is 0. The van der Waals surface area contributed by atoms with Gasteiger partial charge in [0.2, 0.25) is 11.8 Å². The molecular weight excluding hydrogens is 256 g/mol. The highest BCUT2D eigenvalue weighted by atomic mass is 16.3. The zero-order chi connectivity index (χ0) is 14.5. The van der Waals surface area contributed by atoms with E-state index in [4.69, 9.17) is 5.11 Å². The van der Waals surface area contributed by atoms with Crippen molar-refractivity contribution in [1.29, 1.82) is 0 Å². The third kappa shape index (κ3) is 4.20. The fourth-order valence-corrected chi connectivity index (χ4v) is 2.81. The van der Waals surface area contributed by atoms with Crippen LogP contribution in [0.5, 0.6) is 0 Å². The SMILES string of the molecule is CC(CCCO)NC(=O)C1CCCN(C(=O)C2CC2)C1. The van der Waals surface area contributed by atoms with E-state index in [0.29, 0.717) is 13.0 Å². The second-order valence-corrected chi connectivity index (χ2v) is 6.17. The van der Waals surface area contributed by atoms with Crippen molar-refractivity contribution in [3.8, 4) is 0 Å². The Morgan fingerprint density at radius 1 is 1.30 bits per heavy atom. The summed E-state index contributed by atoms with van der Waals surface area (Å²) in [6, 6.07) is 0.0872. The molecule has 5 nitrogen and oxygen atoms in total. The smallest absolute Gasteiger partial charge is 0.225 e. The maximum atomic E-state index is 12.2. The van der Waals surface area contributed by atoms with E-state index in [9.17, 15) is 9.59 Å². The van der Waals surface area contributed by atoms with Crippen molar-refractivity contribution in [2.45, 2.75) is 51.5 Å². The van der Waals surface area contributed by atoms with Gasteiger partial charge in [0, 0.05) is 31.7 Å². The van der Waals surface area contributed by atoms with E-state index in [0.717, 1.165) is 38.6 Å². The number of hydrogen-bond donors (Lipinski definition) is 2. The number of aliphatic hydroxyl groups excluding tert-OH is 1. The maximum absolute atomic E-state index is 12.2. The predicted molar refractivity (Wildman–Crippen MR) is 76.0 cm³/mol. The van der Waals surface area contributed by atoms with Crippen molar-refractivity contribution in [3.63, 3.8) is 0 Å². The monoisotopic (exact) mass is 282 g/mol. The van der Waals surface area contributed by atoms with Gasteiger partial charge in [0.1, 0.15) is 0 Å². The molecule has 2 fully saturated rings. The molecule has 0 spiro atoms. The lowest BCUT2D eigenvalue weighted by Gasteiger charge is -2.32. The van der Waals surface area contributed by atoms with Gasteiger partial charge < -0.3 is 15.3 Å². The Bertz CT molecular complexity index is 355. The van der Waals surface area contributed by atoms with Crippen molar-refractivity contribution < 1.29 is 14.7 Å². The Balaban J connectivity index is 1.78. The van der Waals surface area contributed by atoms with Gasteiger partial charge in [-0.15, -0.1) is 0 Å². The molecule has 2 N–H and O–H groups in total. The number of nitrogens with zero attached hydrogens (tertiary/aromatic N) is 1. The summed E-state index contributed by atoms with van der Waals surface area (Å²) in [5, 5.41) is 11.8. The van der Waals surface area contributed by atoms with E-state index in [-0.39, 0.29) is 36.3 Å². The van der Waals surface area contributed by atoms with Crippen LogP contribution in [0, 0.1) is 11.8 Å². The molecule has 2 aliphatic rings. The van der Waals surface area contributed by atoms with Crippen LogP contribution < -0.4 is 5.32 Å². The van der Waals surface area contributed by atoms with E-state index >= 15 is 0 Å². The molecule has 20 heavy (non-hydrogen) atoms. The van der Waals surface area contributed by atoms with Gasteiger partial charge in [-0.2, -0.15) is 0 Å². The van der Waals surface area contributed by atoms with Gasteiger partial charge in [0.15, 0.2) is 0 Å². The number of hydrogen-bond acceptors (Lipinski definition) is 3. The van der Waals surface area contributed by atoms with E-state index in [2.05, 4.69) is 5.32 Å². The lowest BCUT2D eigenvalue weighted by atomic mass is 9.96.